The number of hydrogen-bond donors (Lipinski definition) is 1. The normalized spacial score (nSPS) is 10.2. The Labute approximate surface area is 116 Å². The molecule has 0 spiro atoms. The van der Waals surface area contributed by atoms with Crippen LogP contribution in [0.4, 0.5) is 5.69 Å². The van der Waals surface area contributed by atoms with Gasteiger partial charge in [-0.1, -0.05) is 6.07 Å². The molecule has 0 unspecified atom stereocenters. The third-order valence-corrected chi connectivity index (χ3v) is 3.45. The lowest BCUT2D eigenvalue weighted by molar-refractivity contribution is 0.742. The van der Waals surface area contributed by atoms with Gasteiger partial charge in [-0.3, -0.25) is 4.68 Å². The number of rotatable bonds is 5. The number of hydrogen-bond acceptors (Lipinski definition) is 5. The summed E-state index contributed by atoms with van der Waals surface area (Å²) in [6.07, 6.45) is 4.39. The van der Waals surface area contributed by atoms with E-state index in [9.17, 15) is 5.26 Å². The van der Waals surface area contributed by atoms with Crippen molar-refractivity contribution in [3.63, 3.8) is 0 Å². The van der Waals surface area contributed by atoms with Crippen LogP contribution in [0, 0.1) is 11.3 Å². The van der Waals surface area contributed by atoms with Gasteiger partial charge in [-0.05, 0) is 18.4 Å². The van der Waals surface area contributed by atoms with Gasteiger partial charge in [0, 0.05) is 24.9 Å². The Morgan fingerprint density at radius 2 is 2.32 bits per heavy atom. The van der Waals surface area contributed by atoms with Gasteiger partial charge < -0.3 is 5.32 Å². The lowest BCUT2D eigenvalue weighted by Gasteiger charge is -2.09. The van der Waals surface area contributed by atoms with E-state index in [2.05, 4.69) is 21.5 Å². The van der Waals surface area contributed by atoms with Crippen LogP contribution in [-0.2, 0) is 13.5 Å². The molecule has 98 valence electrons. The molecule has 2 aromatic rings. The van der Waals surface area contributed by atoms with E-state index in [0.29, 0.717) is 12.1 Å². The highest BCUT2D eigenvalue weighted by atomic mass is 32.2. The maximum Gasteiger partial charge on any atom is 0.152 e. The predicted molar refractivity (Wildman–Crippen MR) is 76.1 cm³/mol. The third-order valence-electron chi connectivity index (χ3n) is 2.67. The monoisotopic (exact) mass is 273 g/mol. The smallest absolute Gasteiger partial charge is 0.152 e. The molecule has 1 N–H and O–H groups in total. The molecule has 6 heteroatoms. The SMILES string of the molecule is CSc1cccc(NCCc2ncn(C)n2)c1C#N. The number of nitrogens with zero attached hydrogens (tertiary/aromatic N) is 4. The minimum absolute atomic E-state index is 0.698. The van der Waals surface area contributed by atoms with Crippen LogP contribution in [0.15, 0.2) is 29.4 Å². The van der Waals surface area contributed by atoms with E-state index < -0.39 is 0 Å². The van der Waals surface area contributed by atoms with Gasteiger partial charge in [-0.2, -0.15) is 10.4 Å². The number of aromatic nitrogens is 3. The summed E-state index contributed by atoms with van der Waals surface area (Å²) >= 11 is 1.58. The van der Waals surface area contributed by atoms with E-state index in [0.717, 1.165) is 22.8 Å². The van der Waals surface area contributed by atoms with E-state index in [1.807, 2.05) is 31.5 Å². The molecule has 0 fully saturated rings. The highest BCUT2D eigenvalue weighted by molar-refractivity contribution is 7.98. The summed E-state index contributed by atoms with van der Waals surface area (Å²) < 4.78 is 1.68. The maximum absolute atomic E-state index is 9.22. The van der Waals surface area contributed by atoms with Crippen molar-refractivity contribution in [3.8, 4) is 6.07 Å². The molecule has 0 aliphatic heterocycles. The van der Waals surface area contributed by atoms with Crippen LogP contribution >= 0.6 is 11.8 Å². The van der Waals surface area contributed by atoms with Gasteiger partial charge in [-0.15, -0.1) is 11.8 Å². The van der Waals surface area contributed by atoms with Crippen molar-refractivity contribution in [2.24, 2.45) is 7.05 Å². The number of aryl methyl sites for hydroxylation is 1. The number of benzene rings is 1. The van der Waals surface area contributed by atoms with E-state index in [1.165, 1.54) is 0 Å². The molecule has 0 aliphatic rings. The molecule has 1 aromatic carbocycles. The third kappa shape index (κ3) is 3.26. The Bertz CT molecular complexity index is 599. The number of nitrogens with one attached hydrogen (secondary N) is 1. The van der Waals surface area contributed by atoms with Crippen LogP contribution in [0.5, 0.6) is 0 Å². The zero-order chi connectivity index (χ0) is 13.7. The molecule has 1 aromatic heterocycles. The molecule has 0 amide bonds. The van der Waals surface area contributed by atoms with Gasteiger partial charge in [0.25, 0.3) is 0 Å². The lowest BCUT2D eigenvalue weighted by Crippen LogP contribution is -2.08. The predicted octanol–water partition coefficient (Wildman–Crippen LogP) is 2.06. The lowest BCUT2D eigenvalue weighted by atomic mass is 10.2. The first-order valence-electron chi connectivity index (χ1n) is 5.90. The van der Waals surface area contributed by atoms with Gasteiger partial charge in [-0.25, -0.2) is 4.98 Å². The van der Waals surface area contributed by atoms with Gasteiger partial charge in [0.15, 0.2) is 5.82 Å². The van der Waals surface area contributed by atoms with Crippen LogP contribution in [0.1, 0.15) is 11.4 Å². The first-order chi connectivity index (χ1) is 9.24. The van der Waals surface area contributed by atoms with Crippen molar-refractivity contribution < 1.29 is 0 Å². The minimum Gasteiger partial charge on any atom is -0.383 e. The minimum atomic E-state index is 0.698. The first-order valence-corrected chi connectivity index (χ1v) is 7.12. The summed E-state index contributed by atoms with van der Waals surface area (Å²) in [5, 5.41) is 16.7. The fourth-order valence-electron chi connectivity index (χ4n) is 1.77. The topological polar surface area (TPSA) is 66.5 Å². The largest absolute Gasteiger partial charge is 0.383 e. The van der Waals surface area contributed by atoms with Crippen LogP contribution in [-0.4, -0.2) is 27.6 Å². The Kier molecular flexibility index (Phi) is 4.42. The van der Waals surface area contributed by atoms with Crippen molar-refractivity contribution in [1.29, 1.82) is 5.26 Å². The zero-order valence-electron chi connectivity index (χ0n) is 10.9. The molecule has 0 bridgehead atoms. The number of nitriles is 1. The second kappa shape index (κ2) is 6.25. The van der Waals surface area contributed by atoms with Crippen molar-refractivity contribution in [2.75, 3.05) is 18.1 Å². The van der Waals surface area contributed by atoms with Gasteiger partial charge in [0.05, 0.1) is 11.3 Å². The fourth-order valence-corrected chi connectivity index (χ4v) is 2.35. The summed E-state index contributed by atoms with van der Waals surface area (Å²) in [5.74, 6) is 0.800. The molecule has 5 nitrogen and oxygen atoms in total. The van der Waals surface area contributed by atoms with Crippen molar-refractivity contribution in [3.05, 3.63) is 35.9 Å². The maximum atomic E-state index is 9.22. The first kappa shape index (κ1) is 13.4. The molecule has 2 rings (SSSR count). The molecular weight excluding hydrogens is 258 g/mol. The van der Waals surface area contributed by atoms with Gasteiger partial charge >= 0.3 is 0 Å². The second-order valence-electron chi connectivity index (χ2n) is 4.01. The number of thioether (sulfide) groups is 1. The van der Waals surface area contributed by atoms with E-state index in [1.54, 1.807) is 22.8 Å². The van der Waals surface area contributed by atoms with Crippen LogP contribution in [0.3, 0.4) is 0 Å². The van der Waals surface area contributed by atoms with Crippen LogP contribution < -0.4 is 5.32 Å². The van der Waals surface area contributed by atoms with Crippen molar-refractivity contribution >= 4 is 17.4 Å². The van der Waals surface area contributed by atoms with E-state index >= 15 is 0 Å². The molecule has 0 atom stereocenters. The van der Waals surface area contributed by atoms with Crippen molar-refractivity contribution in [1.82, 2.24) is 14.8 Å². The van der Waals surface area contributed by atoms with Crippen molar-refractivity contribution in [2.45, 2.75) is 11.3 Å². The molecule has 0 aliphatic carbocycles. The summed E-state index contributed by atoms with van der Waals surface area (Å²) in [6.45, 7) is 0.705. The van der Waals surface area contributed by atoms with E-state index in [-0.39, 0.29) is 0 Å². The summed E-state index contributed by atoms with van der Waals surface area (Å²) in [7, 11) is 1.85. The number of anilines is 1. The van der Waals surface area contributed by atoms with Gasteiger partial charge in [0.1, 0.15) is 12.4 Å². The second-order valence-corrected chi connectivity index (χ2v) is 4.85. The molecular formula is C13H15N5S. The molecule has 0 radical (unpaired) electrons. The summed E-state index contributed by atoms with van der Waals surface area (Å²) in [4.78, 5) is 5.16. The van der Waals surface area contributed by atoms with E-state index in [4.69, 9.17) is 0 Å². The van der Waals surface area contributed by atoms with Gasteiger partial charge in [0.2, 0.25) is 0 Å². The summed E-state index contributed by atoms with van der Waals surface area (Å²) in [5.41, 5.74) is 1.56. The van der Waals surface area contributed by atoms with Crippen LogP contribution in [0.2, 0.25) is 0 Å². The molecule has 19 heavy (non-hydrogen) atoms. The zero-order valence-corrected chi connectivity index (χ0v) is 11.7. The van der Waals surface area contributed by atoms with Crippen LogP contribution in [0.25, 0.3) is 0 Å². The quantitative estimate of drug-likeness (QED) is 0.845. The molecule has 0 saturated heterocycles. The highest BCUT2D eigenvalue weighted by Crippen LogP contribution is 2.26. The summed E-state index contributed by atoms with van der Waals surface area (Å²) in [6, 6.07) is 8.08. The molecule has 0 saturated carbocycles. The average molecular weight is 273 g/mol. The standard InChI is InChI=1S/C13H15N5S/c1-18-9-16-13(17-18)6-7-15-11-4-3-5-12(19-2)10(11)8-14/h3-5,9,15H,6-7H2,1-2H3. The Morgan fingerprint density at radius 1 is 1.47 bits per heavy atom. The average Bonchev–Trinajstić information content (AvgIpc) is 2.84. The Morgan fingerprint density at radius 3 is 2.95 bits per heavy atom. The fraction of sp³-hybridized carbons (Fsp3) is 0.308. The Hall–Kier alpha value is -2.00. The Balaban J connectivity index is 2.02. The molecule has 1 heterocycles. The highest BCUT2D eigenvalue weighted by Gasteiger charge is 2.07.